The van der Waals surface area contributed by atoms with Gasteiger partial charge in [-0.25, -0.2) is 29.3 Å². The van der Waals surface area contributed by atoms with Gasteiger partial charge in [0.25, 0.3) is 0 Å². The van der Waals surface area contributed by atoms with Gasteiger partial charge in [-0.15, -0.1) is 0 Å². The number of anilines is 2. The highest BCUT2D eigenvalue weighted by atomic mass is 19.1. The van der Waals surface area contributed by atoms with Crippen molar-refractivity contribution < 1.29 is 4.39 Å². The lowest BCUT2D eigenvalue weighted by Crippen LogP contribution is -2.51. The molecular weight excluding hydrogens is 469 g/mol. The molecule has 2 aliphatic heterocycles. The second kappa shape index (κ2) is 9.42. The van der Waals surface area contributed by atoms with E-state index in [2.05, 4.69) is 71.6 Å². The van der Waals surface area contributed by atoms with E-state index in [0.29, 0.717) is 29.1 Å². The van der Waals surface area contributed by atoms with Crippen molar-refractivity contribution in [3.05, 3.63) is 54.0 Å². The molecule has 2 fully saturated rings. The average molecular weight is 502 g/mol. The van der Waals surface area contributed by atoms with Gasteiger partial charge in [0.05, 0.1) is 11.7 Å². The molecule has 0 spiro atoms. The minimum absolute atomic E-state index is 0.183. The molecule has 37 heavy (non-hydrogen) atoms. The lowest BCUT2D eigenvalue weighted by atomic mass is 10.1. The van der Waals surface area contributed by atoms with Crippen molar-refractivity contribution in [2.24, 2.45) is 0 Å². The number of aromatic nitrogens is 6. The third-order valence-corrected chi connectivity index (χ3v) is 7.65. The Morgan fingerprint density at radius 2 is 1.81 bits per heavy atom. The van der Waals surface area contributed by atoms with E-state index >= 15 is 0 Å². The predicted octanol–water partition coefficient (Wildman–Crippen LogP) is 4.33. The molecule has 10 heteroatoms. The van der Waals surface area contributed by atoms with Gasteiger partial charge in [0.15, 0.2) is 11.5 Å². The number of likely N-dealkylation sites (tertiary alicyclic amines) is 1. The van der Waals surface area contributed by atoms with Gasteiger partial charge in [0, 0.05) is 55.7 Å². The first-order valence-electron chi connectivity index (χ1n) is 12.9. The first-order valence-corrected chi connectivity index (χ1v) is 12.9. The normalized spacial score (nSPS) is 20.3. The lowest BCUT2D eigenvalue weighted by Gasteiger charge is -2.38. The Hall–Kier alpha value is -3.50. The maximum absolute atomic E-state index is 14.8. The fourth-order valence-electron chi connectivity index (χ4n) is 5.80. The summed E-state index contributed by atoms with van der Waals surface area (Å²) >= 11 is 0. The summed E-state index contributed by atoms with van der Waals surface area (Å²) in [6, 6.07) is 7.42. The Morgan fingerprint density at radius 1 is 1.03 bits per heavy atom. The molecule has 6 heterocycles. The number of imidazole rings is 1. The number of piperazine rings is 1. The van der Waals surface area contributed by atoms with Crippen LogP contribution in [0.3, 0.4) is 0 Å². The van der Waals surface area contributed by atoms with Crippen molar-refractivity contribution in [2.45, 2.75) is 58.3 Å². The molecule has 2 unspecified atom stereocenters. The van der Waals surface area contributed by atoms with E-state index in [9.17, 15) is 4.39 Å². The zero-order valence-electron chi connectivity index (χ0n) is 21.7. The van der Waals surface area contributed by atoms with Crippen molar-refractivity contribution in [2.75, 3.05) is 25.5 Å². The number of hydrogen-bond donors (Lipinski definition) is 1. The fourth-order valence-corrected chi connectivity index (χ4v) is 5.80. The standard InChI is InChI=1S/C27H32FN9/c1-16(2)37-17(3)32-26-23(37)9-19(11-30-26)25-22(28)12-31-27(34-25)33-24-8-5-18(10-29-24)13-36-14-20-6-7-21(15-36)35(20)4/h5,8-12,16,20-21H,6-7,13-15H2,1-4H3,(H,29,31,33,34). The van der Waals surface area contributed by atoms with Crippen LogP contribution in [0.4, 0.5) is 16.2 Å². The Kier molecular flexibility index (Phi) is 6.08. The quantitative estimate of drug-likeness (QED) is 0.418. The van der Waals surface area contributed by atoms with Gasteiger partial charge in [-0.3, -0.25) is 9.80 Å². The number of rotatable bonds is 6. The molecule has 2 aliphatic rings. The van der Waals surface area contributed by atoms with Crippen LogP contribution in [-0.2, 0) is 6.54 Å². The van der Waals surface area contributed by atoms with Crippen molar-refractivity contribution >= 4 is 22.9 Å². The van der Waals surface area contributed by atoms with Gasteiger partial charge >= 0.3 is 0 Å². The number of fused-ring (bicyclic) bond motifs is 3. The summed E-state index contributed by atoms with van der Waals surface area (Å²) in [5.74, 6) is 1.25. The molecular formula is C27H32FN9. The van der Waals surface area contributed by atoms with Crippen LogP contribution in [0.1, 0.15) is 44.1 Å². The van der Waals surface area contributed by atoms with E-state index in [0.717, 1.165) is 31.0 Å². The summed E-state index contributed by atoms with van der Waals surface area (Å²) in [6.45, 7) is 9.23. The Labute approximate surface area is 215 Å². The van der Waals surface area contributed by atoms with Gasteiger partial charge in [-0.1, -0.05) is 6.07 Å². The van der Waals surface area contributed by atoms with Crippen LogP contribution in [0.2, 0.25) is 0 Å². The summed E-state index contributed by atoms with van der Waals surface area (Å²) in [6.07, 6.45) is 7.26. The van der Waals surface area contributed by atoms with E-state index in [-0.39, 0.29) is 17.7 Å². The van der Waals surface area contributed by atoms with Crippen molar-refractivity contribution in [3.8, 4) is 11.3 Å². The smallest absolute Gasteiger partial charge is 0.229 e. The molecule has 9 nitrogen and oxygen atoms in total. The minimum atomic E-state index is -0.511. The van der Waals surface area contributed by atoms with Crippen LogP contribution in [0.15, 0.2) is 36.8 Å². The van der Waals surface area contributed by atoms with Gasteiger partial charge in [-0.05, 0) is 58.4 Å². The van der Waals surface area contributed by atoms with Crippen LogP contribution < -0.4 is 5.32 Å². The topological polar surface area (TPSA) is 87.9 Å². The number of hydrogen-bond acceptors (Lipinski definition) is 8. The van der Waals surface area contributed by atoms with Crippen molar-refractivity contribution in [1.29, 1.82) is 0 Å². The molecule has 1 N–H and O–H groups in total. The van der Waals surface area contributed by atoms with E-state index in [1.54, 1.807) is 6.20 Å². The first-order chi connectivity index (χ1) is 17.9. The van der Waals surface area contributed by atoms with Gasteiger partial charge in [-0.2, -0.15) is 0 Å². The average Bonchev–Trinajstić information content (AvgIpc) is 3.29. The minimum Gasteiger partial charge on any atom is -0.324 e. The maximum atomic E-state index is 14.8. The number of likely N-dealkylation sites (N-methyl/N-ethyl adjacent to an activating group) is 1. The van der Waals surface area contributed by atoms with Gasteiger partial charge in [0.2, 0.25) is 5.95 Å². The zero-order valence-corrected chi connectivity index (χ0v) is 21.7. The highest BCUT2D eigenvalue weighted by Crippen LogP contribution is 2.30. The maximum Gasteiger partial charge on any atom is 0.229 e. The molecule has 192 valence electrons. The molecule has 0 aliphatic carbocycles. The van der Waals surface area contributed by atoms with Crippen LogP contribution in [-0.4, -0.2) is 71.5 Å². The molecule has 0 amide bonds. The molecule has 4 aromatic heterocycles. The Balaban J connectivity index is 1.19. The fraction of sp³-hybridized carbons (Fsp3) is 0.444. The molecule has 2 saturated heterocycles. The molecule has 0 aromatic carbocycles. The summed E-state index contributed by atoms with van der Waals surface area (Å²) in [7, 11) is 2.25. The van der Waals surface area contributed by atoms with Crippen LogP contribution >= 0.6 is 0 Å². The highest BCUT2D eigenvalue weighted by Gasteiger charge is 2.37. The van der Waals surface area contributed by atoms with E-state index in [1.165, 1.54) is 24.6 Å². The molecule has 2 bridgehead atoms. The number of halogens is 1. The SMILES string of the molecule is Cc1nc2ncc(-c3nc(Nc4ccc(CN5CC6CCC(C5)N6C)cn4)ncc3F)cc2n1C(C)C. The summed E-state index contributed by atoms with van der Waals surface area (Å²) in [5.41, 5.74) is 3.41. The van der Waals surface area contributed by atoms with Crippen molar-refractivity contribution in [1.82, 2.24) is 39.3 Å². The second-order valence-corrected chi connectivity index (χ2v) is 10.5. The molecule has 4 aromatic rings. The third kappa shape index (κ3) is 4.55. The third-order valence-electron chi connectivity index (χ3n) is 7.65. The zero-order chi connectivity index (χ0) is 25.7. The summed E-state index contributed by atoms with van der Waals surface area (Å²) in [4.78, 5) is 27.2. The van der Waals surface area contributed by atoms with Gasteiger partial charge < -0.3 is 9.88 Å². The largest absolute Gasteiger partial charge is 0.324 e. The van der Waals surface area contributed by atoms with Crippen LogP contribution in [0.5, 0.6) is 0 Å². The Morgan fingerprint density at radius 3 is 2.51 bits per heavy atom. The Bertz CT molecular complexity index is 1420. The molecule has 0 saturated carbocycles. The molecule has 6 rings (SSSR count). The summed E-state index contributed by atoms with van der Waals surface area (Å²) < 4.78 is 16.9. The predicted molar refractivity (Wildman–Crippen MR) is 141 cm³/mol. The van der Waals surface area contributed by atoms with E-state index in [1.807, 2.05) is 25.3 Å². The second-order valence-electron chi connectivity index (χ2n) is 10.5. The van der Waals surface area contributed by atoms with E-state index < -0.39 is 5.82 Å². The van der Waals surface area contributed by atoms with Crippen LogP contribution in [0, 0.1) is 12.7 Å². The lowest BCUT2D eigenvalue weighted by molar-refractivity contribution is 0.0837. The summed E-state index contributed by atoms with van der Waals surface area (Å²) in [5, 5.41) is 3.11. The van der Waals surface area contributed by atoms with Crippen molar-refractivity contribution in [3.63, 3.8) is 0 Å². The van der Waals surface area contributed by atoms with Crippen LogP contribution in [0.25, 0.3) is 22.4 Å². The van der Waals surface area contributed by atoms with Gasteiger partial charge in [0.1, 0.15) is 17.3 Å². The number of aryl methyl sites for hydroxylation is 1. The van der Waals surface area contributed by atoms with E-state index in [4.69, 9.17) is 0 Å². The number of pyridine rings is 2. The molecule has 0 radical (unpaired) electrons. The molecule has 2 atom stereocenters. The monoisotopic (exact) mass is 501 g/mol. The number of nitrogens with zero attached hydrogens (tertiary/aromatic N) is 8. The highest BCUT2D eigenvalue weighted by molar-refractivity contribution is 5.78. The first kappa shape index (κ1) is 23.9. The number of nitrogens with one attached hydrogen (secondary N) is 1.